The summed E-state index contributed by atoms with van der Waals surface area (Å²) in [5, 5.41) is 20.5. The second kappa shape index (κ2) is 11.0. The number of hydrogen-bond donors (Lipinski definition) is 3. The van der Waals surface area contributed by atoms with E-state index in [2.05, 4.69) is 46.6 Å². The molecule has 7 nitrogen and oxygen atoms in total. The average Bonchev–Trinajstić information content (AvgIpc) is 3.33. The first kappa shape index (κ1) is 25.4. The van der Waals surface area contributed by atoms with Crippen LogP contribution in [-0.2, 0) is 19.4 Å². The monoisotopic (exact) mass is 508 g/mol. The number of aryl methyl sites for hydroxylation is 2. The summed E-state index contributed by atoms with van der Waals surface area (Å²) in [5.41, 5.74) is 7.95. The second-order valence-electron chi connectivity index (χ2n) is 10.0. The highest BCUT2D eigenvalue weighted by atomic mass is 16.4. The van der Waals surface area contributed by atoms with Gasteiger partial charge in [0.1, 0.15) is 0 Å². The lowest BCUT2D eigenvalue weighted by Crippen LogP contribution is -2.36. The minimum Gasteiger partial charge on any atom is -0.478 e. The molecule has 1 aromatic heterocycles. The number of nitrogens with one attached hydrogen (secondary N) is 2. The van der Waals surface area contributed by atoms with Crippen molar-refractivity contribution in [3.05, 3.63) is 112 Å². The Bertz CT molecular complexity index is 1440. The van der Waals surface area contributed by atoms with Crippen LogP contribution in [0.25, 0.3) is 11.1 Å². The minimum absolute atomic E-state index is 0.0980. The molecular formula is C31H32N4O3. The van der Waals surface area contributed by atoms with E-state index < -0.39 is 5.97 Å². The molecule has 5 rings (SSSR count). The number of H-pyrrole nitrogens is 1. The van der Waals surface area contributed by atoms with Gasteiger partial charge in [-0.05, 0) is 80.2 Å². The summed E-state index contributed by atoms with van der Waals surface area (Å²) in [5.74, 6) is -1.06. The lowest BCUT2D eigenvalue weighted by molar-refractivity contribution is 0.0696. The van der Waals surface area contributed by atoms with Crippen LogP contribution in [0.3, 0.4) is 0 Å². The molecule has 0 fully saturated rings. The number of nitrogens with zero attached hydrogens (tertiary/aromatic N) is 2. The maximum Gasteiger partial charge on any atom is 0.335 e. The first-order valence-electron chi connectivity index (χ1n) is 12.9. The van der Waals surface area contributed by atoms with E-state index in [0.717, 1.165) is 59.6 Å². The van der Waals surface area contributed by atoms with Gasteiger partial charge in [-0.15, -0.1) is 0 Å². The number of carboxylic acids is 1. The van der Waals surface area contributed by atoms with Gasteiger partial charge in [0.15, 0.2) is 0 Å². The predicted octanol–water partition coefficient (Wildman–Crippen LogP) is 5.18. The topological polar surface area (TPSA) is 98.3 Å². The van der Waals surface area contributed by atoms with E-state index in [9.17, 15) is 14.7 Å². The summed E-state index contributed by atoms with van der Waals surface area (Å²) in [6.07, 6.45) is 2.35. The summed E-state index contributed by atoms with van der Waals surface area (Å²) in [4.78, 5) is 26.7. The summed E-state index contributed by atoms with van der Waals surface area (Å²) in [6.45, 7) is 3.82. The summed E-state index contributed by atoms with van der Waals surface area (Å²) in [6, 6.07) is 22.8. The molecule has 1 amide bonds. The number of aromatic amines is 1. The van der Waals surface area contributed by atoms with E-state index in [0.29, 0.717) is 12.0 Å². The Morgan fingerprint density at radius 3 is 2.55 bits per heavy atom. The Kier molecular flexibility index (Phi) is 7.38. The second-order valence-corrected chi connectivity index (χ2v) is 10.0. The van der Waals surface area contributed by atoms with Crippen LogP contribution in [0.1, 0.15) is 61.3 Å². The fourth-order valence-electron chi connectivity index (χ4n) is 5.27. The van der Waals surface area contributed by atoms with Crippen molar-refractivity contribution in [1.29, 1.82) is 0 Å². The maximum atomic E-state index is 13.0. The zero-order valence-corrected chi connectivity index (χ0v) is 21.7. The molecule has 1 aliphatic heterocycles. The third-order valence-corrected chi connectivity index (χ3v) is 7.25. The molecule has 1 atom stereocenters. The fourth-order valence-corrected chi connectivity index (χ4v) is 5.27. The third-order valence-electron chi connectivity index (χ3n) is 7.25. The number of aromatic carboxylic acids is 1. The lowest BCUT2D eigenvalue weighted by Gasteiger charge is -2.26. The van der Waals surface area contributed by atoms with E-state index in [1.807, 2.05) is 43.3 Å². The number of fused-ring (bicyclic) bond motifs is 1. The van der Waals surface area contributed by atoms with E-state index in [1.165, 1.54) is 5.56 Å². The minimum atomic E-state index is -0.961. The summed E-state index contributed by atoms with van der Waals surface area (Å²) >= 11 is 0. The Morgan fingerprint density at radius 2 is 1.82 bits per heavy atom. The van der Waals surface area contributed by atoms with Crippen LogP contribution in [0.4, 0.5) is 0 Å². The highest BCUT2D eigenvalue weighted by Gasteiger charge is 2.31. The fraction of sp³-hybridized carbons (Fsp3) is 0.258. The molecule has 2 heterocycles. The normalized spacial score (nSPS) is 14.8. The van der Waals surface area contributed by atoms with Crippen LogP contribution < -0.4 is 5.32 Å². The number of benzene rings is 3. The Balaban J connectivity index is 1.41. The van der Waals surface area contributed by atoms with E-state index in [1.54, 1.807) is 12.1 Å². The molecule has 3 N–H and O–H groups in total. The molecule has 0 spiro atoms. The van der Waals surface area contributed by atoms with Crippen molar-refractivity contribution in [2.45, 2.75) is 38.8 Å². The molecule has 7 heteroatoms. The van der Waals surface area contributed by atoms with Crippen molar-refractivity contribution >= 4 is 11.9 Å². The molecule has 194 valence electrons. The number of aromatic nitrogens is 2. The van der Waals surface area contributed by atoms with Crippen LogP contribution in [0.2, 0.25) is 0 Å². The van der Waals surface area contributed by atoms with Crippen LogP contribution in [0, 0.1) is 6.92 Å². The van der Waals surface area contributed by atoms with E-state index in [-0.39, 0.29) is 17.5 Å². The van der Waals surface area contributed by atoms with Gasteiger partial charge in [0.05, 0.1) is 17.3 Å². The Hall–Kier alpha value is -4.23. The number of amides is 1. The highest BCUT2D eigenvalue weighted by Crippen LogP contribution is 2.35. The van der Waals surface area contributed by atoms with Crippen molar-refractivity contribution in [1.82, 2.24) is 20.4 Å². The van der Waals surface area contributed by atoms with E-state index >= 15 is 0 Å². The van der Waals surface area contributed by atoms with Gasteiger partial charge in [-0.3, -0.25) is 9.89 Å². The molecule has 1 aliphatic rings. The van der Waals surface area contributed by atoms with Crippen molar-refractivity contribution in [3.8, 4) is 11.1 Å². The third kappa shape index (κ3) is 5.38. The standard InChI is InChI=1S/C31H32N4O3/c1-20-8-6-11-24-25(20)18-27(32-30(24)36)29-28(22-13-15-23(16-14-22)31(37)38)26(33-34-29)12-7-17-35(2)19-21-9-4-3-5-10-21/h3-6,8-11,13-16,27H,7,12,17-19H2,1-2H3,(H,32,36)(H,33,34)(H,37,38). The zero-order chi connectivity index (χ0) is 26.6. The molecule has 1 unspecified atom stereocenters. The number of carbonyl (C=O) groups is 2. The van der Waals surface area contributed by atoms with Crippen molar-refractivity contribution in [2.75, 3.05) is 13.6 Å². The van der Waals surface area contributed by atoms with Gasteiger partial charge in [0.25, 0.3) is 5.91 Å². The van der Waals surface area contributed by atoms with Gasteiger partial charge in [-0.25, -0.2) is 4.79 Å². The Labute approximate surface area is 222 Å². The quantitative estimate of drug-likeness (QED) is 0.290. The summed E-state index contributed by atoms with van der Waals surface area (Å²) < 4.78 is 0. The number of carboxylic acid groups (broad SMARTS) is 1. The van der Waals surface area contributed by atoms with Gasteiger partial charge in [-0.1, -0.05) is 54.6 Å². The van der Waals surface area contributed by atoms with Gasteiger partial charge in [-0.2, -0.15) is 5.10 Å². The largest absolute Gasteiger partial charge is 0.478 e. The summed E-state index contributed by atoms with van der Waals surface area (Å²) in [7, 11) is 2.12. The van der Waals surface area contributed by atoms with Crippen LogP contribution in [0.15, 0.2) is 72.8 Å². The molecule has 0 saturated carbocycles. The van der Waals surface area contributed by atoms with Gasteiger partial charge in [0.2, 0.25) is 0 Å². The number of carbonyl (C=O) groups excluding carboxylic acids is 1. The number of hydrogen-bond acceptors (Lipinski definition) is 4. The highest BCUT2D eigenvalue weighted by molar-refractivity contribution is 5.97. The molecule has 3 aromatic carbocycles. The SMILES string of the molecule is Cc1cccc2c1CC(c1n[nH]c(CCCN(C)Cc3ccccc3)c1-c1ccc(C(=O)O)cc1)NC2=O. The molecule has 0 bridgehead atoms. The first-order valence-corrected chi connectivity index (χ1v) is 12.9. The maximum absolute atomic E-state index is 13.0. The molecule has 0 aliphatic carbocycles. The van der Waals surface area contributed by atoms with Gasteiger partial charge < -0.3 is 15.3 Å². The van der Waals surface area contributed by atoms with Gasteiger partial charge >= 0.3 is 5.97 Å². The van der Waals surface area contributed by atoms with Crippen molar-refractivity contribution in [3.63, 3.8) is 0 Å². The van der Waals surface area contributed by atoms with Crippen molar-refractivity contribution < 1.29 is 14.7 Å². The lowest BCUT2D eigenvalue weighted by atomic mass is 9.87. The zero-order valence-electron chi connectivity index (χ0n) is 21.7. The van der Waals surface area contributed by atoms with Crippen LogP contribution in [0.5, 0.6) is 0 Å². The molecular weight excluding hydrogens is 476 g/mol. The molecule has 0 saturated heterocycles. The average molecular weight is 509 g/mol. The Morgan fingerprint density at radius 1 is 1.05 bits per heavy atom. The van der Waals surface area contributed by atoms with Crippen LogP contribution in [-0.4, -0.2) is 45.7 Å². The number of rotatable bonds is 9. The predicted molar refractivity (Wildman–Crippen MR) is 147 cm³/mol. The molecule has 0 radical (unpaired) electrons. The van der Waals surface area contributed by atoms with Crippen LogP contribution >= 0.6 is 0 Å². The first-order chi connectivity index (χ1) is 18.4. The van der Waals surface area contributed by atoms with E-state index in [4.69, 9.17) is 5.10 Å². The van der Waals surface area contributed by atoms with Gasteiger partial charge in [0, 0.05) is 23.4 Å². The van der Waals surface area contributed by atoms with Crippen molar-refractivity contribution in [2.24, 2.45) is 0 Å². The smallest absolute Gasteiger partial charge is 0.335 e. The molecule has 38 heavy (non-hydrogen) atoms. The molecule has 4 aromatic rings.